The van der Waals surface area contributed by atoms with E-state index in [1.54, 1.807) is 7.11 Å². The summed E-state index contributed by atoms with van der Waals surface area (Å²) in [6.07, 6.45) is 0.980. The van der Waals surface area contributed by atoms with Gasteiger partial charge in [-0.05, 0) is 41.0 Å². The summed E-state index contributed by atoms with van der Waals surface area (Å²) < 4.78 is 6.61. The average molecular weight is 293 g/mol. The van der Waals surface area contributed by atoms with Crippen molar-refractivity contribution in [3.63, 3.8) is 0 Å². The number of hydrogen-bond donors (Lipinski definition) is 1. The van der Waals surface area contributed by atoms with E-state index in [1.807, 2.05) is 12.1 Å². The fourth-order valence-corrected chi connectivity index (χ4v) is 2.82. The third kappa shape index (κ3) is 1.72. The van der Waals surface area contributed by atoms with E-state index in [-0.39, 0.29) is 0 Å². The molecule has 0 atom stereocenters. The molecule has 0 amide bonds. The molecule has 2 aromatic rings. The lowest BCUT2D eigenvalue weighted by molar-refractivity contribution is 0.410. The van der Waals surface area contributed by atoms with Crippen LogP contribution >= 0.6 is 15.9 Å². The molecule has 1 aromatic heterocycles. The van der Waals surface area contributed by atoms with Gasteiger partial charge in [0.15, 0.2) is 0 Å². The quantitative estimate of drug-likeness (QED) is 0.877. The van der Waals surface area contributed by atoms with Crippen molar-refractivity contribution >= 4 is 26.8 Å². The van der Waals surface area contributed by atoms with Crippen molar-refractivity contribution in [3.05, 3.63) is 33.9 Å². The number of halogens is 1. The number of benzene rings is 1. The first kappa shape index (κ1) is 11.0. The lowest BCUT2D eigenvalue weighted by Gasteiger charge is -2.20. The van der Waals surface area contributed by atoms with E-state index in [4.69, 9.17) is 9.72 Å². The topological polar surface area (TPSA) is 34.1 Å². The maximum Gasteiger partial charge on any atom is 0.133 e. The number of fused-ring (bicyclic) bond motifs is 2. The summed E-state index contributed by atoms with van der Waals surface area (Å²) in [5.74, 6) is 0.979. The predicted molar refractivity (Wildman–Crippen MR) is 71.4 cm³/mol. The molecule has 0 unspecified atom stereocenters. The summed E-state index contributed by atoms with van der Waals surface area (Å²) in [7, 11) is 1.73. The molecule has 17 heavy (non-hydrogen) atoms. The van der Waals surface area contributed by atoms with Gasteiger partial charge in [-0.3, -0.25) is 0 Å². The molecule has 0 saturated heterocycles. The van der Waals surface area contributed by atoms with Crippen molar-refractivity contribution in [1.29, 1.82) is 0 Å². The van der Waals surface area contributed by atoms with Crippen LogP contribution in [0.4, 0.5) is 0 Å². The highest BCUT2D eigenvalue weighted by molar-refractivity contribution is 9.10. The van der Waals surface area contributed by atoms with E-state index in [0.29, 0.717) is 0 Å². The number of para-hydroxylation sites is 1. The monoisotopic (exact) mass is 292 g/mol. The highest BCUT2D eigenvalue weighted by Crippen LogP contribution is 2.35. The lowest BCUT2D eigenvalue weighted by atomic mass is 10.0. The minimum Gasteiger partial charge on any atom is -0.496 e. The molecule has 1 aliphatic rings. The molecule has 4 heteroatoms. The van der Waals surface area contributed by atoms with Gasteiger partial charge < -0.3 is 10.1 Å². The number of ether oxygens (including phenoxy) is 1. The zero-order valence-corrected chi connectivity index (χ0v) is 11.2. The van der Waals surface area contributed by atoms with E-state index in [0.717, 1.165) is 46.3 Å². The number of pyridine rings is 1. The van der Waals surface area contributed by atoms with Crippen LogP contribution in [-0.4, -0.2) is 18.6 Å². The molecule has 3 nitrogen and oxygen atoms in total. The predicted octanol–water partition coefficient (Wildman–Crippen LogP) is 2.65. The van der Waals surface area contributed by atoms with Crippen LogP contribution in [0.5, 0.6) is 5.75 Å². The number of nitrogens with one attached hydrogen (secondary N) is 1. The molecular weight excluding hydrogens is 280 g/mol. The number of nitrogens with zero attached hydrogens (tertiary/aromatic N) is 1. The highest BCUT2D eigenvalue weighted by Gasteiger charge is 2.19. The van der Waals surface area contributed by atoms with E-state index in [1.165, 1.54) is 5.56 Å². The smallest absolute Gasteiger partial charge is 0.133 e. The molecule has 0 fully saturated rings. The zero-order valence-electron chi connectivity index (χ0n) is 9.59. The van der Waals surface area contributed by atoms with E-state index >= 15 is 0 Å². The second kappa shape index (κ2) is 4.27. The van der Waals surface area contributed by atoms with E-state index < -0.39 is 0 Å². The van der Waals surface area contributed by atoms with E-state index in [2.05, 4.69) is 27.3 Å². The minimum absolute atomic E-state index is 0.822. The third-order valence-corrected chi connectivity index (χ3v) is 3.79. The van der Waals surface area contributed by atoms with Crippen LogP contribution in [0.25, 0.3) is 10.9 Å². The molecule has 0 bridgehead atoms. The Labute approximate surface area is 108 Å². The van der Waals surface area contributed by atoms with Crippen molar-refractivity contribution in [1.82, 2.24) is 10.3 Å². The van der Waals surface area contributed by atoms with Crippen LogP contribution in [0, 0.1) is 0 Å². The number of aromatic nitrogens is 1. The van der Waals surface area contributed by atoms with Gasteiger partial charge in [-0.2, -0.15) is 0 Å². The summed E-state index contributed by atoms with van der Waals surface area (Å²) in [6.45, 7) is 1.81. The molecule has 1 aromatic carbocycles. The largest absolute Gasteiger partial charge is 0.496 e. The van der Waals surface area contributed by atoms with Crippen LogP contribution in [0.3, 0.4) is 0 Å². The Morgan fingerprint density at radius 3 is 3.12 bits per heavy atom. The summed E-state index contributed by atoms with van der Waals surface area (Å²) in [4.78, 5) is 4.73. The molecule has 1 aliphatic heterocycles. The number of hydrogen-bond acceptors (Lipinski definition) is 3. The van der Waals surface area contributed by atoms with Gasteiger partial charge in [-0.25, -0.2) is 4.98 Å². The van der Waals surface area contributed by atoms with Crippen LogP contribution in [-0.2, 0) is 13.0 Å². The van der Waals surface area contributed by atoms with Gasteiger partial charge in [0.25, 0.3) is 0 Å². The lowest BCUT2D eigenvalue weighted by Crippen LogP contribution is -2.25. The van der Waals surface area contributed by atoms with E-state index in [9.17, 15) is 0 Å². The SMILES string of the molecule is COc1c2c(nc3c(Br)cccc13)CNCC2. The second-order valence-corrected chi connectivity index (χ2v) is 4.99. The first-order chi connectivity index (χ1) is 8.31. The molecule has 3 rings (SSSR count). The van der Waals surface area contributed by atoms with Gasteiger partial charge in [0, 0.05) is 22.0 Å². The first-order valence-electron chi connectivity index (χ1n) is 5.66. The Kier molecular flexibility index (Phi) is 2.76. The Morgan fingerprint density at radius 2 is 2.29 bits per heavy atom. The molecule has 0 saturated carbocycles. The van der Waals surface area contributed by atoms with Crippen LogP contribution in [0.1, 0.15) is 11.3 Å². The second-order valence-electron chi connectivity index (χ2n) is 4.13. The van der Waals surface area contributed by atoms with Crippen LogP contribution in [0.15, 0.2) is 22.7 Å². The Hall–Kier alpha value is -1.13. The zero-order chi connectivity index (χ0) is 11.8. The van der Waals surface area contributed by atoms with Gasteiger partial charge in [-0.15, -0.1) is 0 Å². The molecule has 0 radical (unpaired) electrons. The van der Waals surface area contributed by atoms with Crippen LogP contribution in [0.2, 0.25) is 0 Å². The average Bonchev–Trinajstić information content (AvgIpc) is 2.37. The van der Waals surface area contributed by atoms with Gasteiger partial charge in [0.05, 0.1) is 18.3 Å². The van der Waals surface area contributed by atoms with Crippen molar-refractivity contribution in [2.45, 2.75) is 13.0 Å². The Bertz CT molecular complexity index is 583. The van der Waals surface area contributed by atoms with Crippen molar-refractivity contribution in [2.75, 3.05) is 13.7 Å². The van der Waals surface area contributed by atoms with Crippen molar-refractivity contribution in [3.8, 4) is 5.75 Å². The first-order valence-corrected chi connectivity index (χ1v) is 6.45. The summed E-state index contributed by atoms with van der Waals surface area (Å²) in [6, 6.07) is 6.09. The highest BCUT2D eigenvalue weighted by atomic mass is 79.9. The van der Waals surface area contributed by atoms with Crippen LogP contribution < -0.4 is 10.1 Å². The Morgan fingerprint density at radius 1 is 1.41 bits per heavy atom. The fourth-order valence-electron chi connectivity index (χ4n) is 2.37. The standard InChI is InChI=1S/C13H13BrN2O/c1-17-13-8-5-6-15-7-11(8)16-12-9(13)3-2-4-10(12)14/h2-4,15H,5-7H2,1H3. The molecule has 0 spiro atoms. The molecule has 1 N–H and O–H groups in total. The summed E-state index contributed by atoms with van der Waals surface area (Å²) >= 11 is 3.55. The summed E-state index contributed by atoms with van der Waals surface area (Å²) in [5.41, 5.74) is 3.33. The molecular formula is C13H13BrN2O. The van der Waals surface area contributed by atoms with Gasteiger partial charge in [0.2, 0.25) is 0 Å². The Balaban J connectivity index is 2.39. The minimum atomic E-state index is 0.822. The maximum absolute atomic E-state index is 5.59. The van der Waals surface area contributed by atoms with Crippen molar-refractivity contribution < 1.29 is 4.74 Å². The van der Waals surface area contributed by atoms with Gasteiger partial charge in [0.1, 0.15) is 5.75 Å². The molecule has 88 valence electrons. The van der Waals surface area contributed by atoms with Gasteiger partial charge in [-0.1, -0.05) is 6.07 Å². The van der Waals surface area contributed by atoms with Crippen molar-refractivity contribution in [2.24, 2.45) is 0 Å². The summed E-state index contributed by atoms with van der Waals surface area (Å²) in [5, 5.41) is 4.43. The normalized spacial score (nSPS) is 14.7. The molecule has 0 aliphatic carbocycles. The fraction of sp³-hybridized carbons (Fsp3) is 0.308. The maximum atomic E-state index is 5.59. The molecule has 2 heterocycles. The number of methoxy groups -OCH3 is 1. The number of rotatable bonds is 1. The van der Waals surface area contributed by atoms with Gasteiger partial charge >= 0.3 is 0 Å². The third-order valence-electron chi connectivity index (χ3n) is 3.15.